The number of thiocarbonyl (C=S) groups is 1. The van der Waals surface area contributed by atoms with Gasteiger partial charge < -0.3 is 0 Å². The van der Waals surface area contributed by atoms with E-state index in [0.717, 1.165) is 11.4 Å². The van der Waals surface area contributed by atoms with Crippen molar-refractivity contribution in [2.75, 3.05) is 24.3 Å². The highest BCUT2D eigenvalue weighted by Gasteiger charge is 2.38. The summed E-state index contributed by atoms with van der Waals surface area (Å²) in [7, 11) is 0. The number of benzene rings is 1. The van der Waals surface area contributed by atoms with Crippen LogP contribution < -0.4 is 5.43 Å². The van der Waals surface area contributed by atoms with E-state index in [4.69, 9.17) is 12.2 Å². The van der Waals surface area contributed by atoms with Crippen LogP contribution in [0.5, 0.6) is 0 Å². The Morgan fingerprint density at radius 2 is 2.24 bits per heavy atom. The summed E-state index contributed by atoms with van der Waals surface area (Å²) in [4.78, 5) is 3.50. The fourth-order valence-corrected chi connectivity index (χ4v) is 5.13. The van der Waals surface area contributed by atoms with Crippen LogP contribution in [0.4, 0.5) is 0 Å². The standard InChI is InChI=1S/C20H27N3S2/c1-3-9-22-10-5-7-14-15-6-4-8-17-20(15)16(11-18(14)22)13(2)23(17)21-19(25)12-24/h4,6,8,14,18,24H,3,5,7,9-12H2,1-2H3,(H,21,25)/t14-,18-/m1/s1. The van der Waals surface area contributed by atoms with E-state index in [1.165, 1.54) is 54.5 Å². The summed E-state index contributed by atoms with van der Waals surface area (Å²) in [6.07, 6.45) is 5.02. The molecule has 2 atom stereocenters. The van der Waals surface area contributed by atoms with E-state index in [9.17, 15) is 0 Å². The van der Waals surface area contributed by atoms with Gasteiger partial charge in [-0.25, -0.2) is 0 Å². The van der Waals surface area contributed by atoms with E-state index in [2.05, 4.69) is 59.7 Å². The minimum atomic E-state index is 0.568. The Labute approximate surface area is 161 Å². The van der Waals surface area contributed by atoms with Gasteiger partial charge >= 0.3 is 0 Å². The molecule has 25 heavy (non-hydrogen) atoms. The molecule has 1 saturated heterocycles. The third-order valence-electron chi connectivity index (χ3n) is 5.99. The molecule has 2 aromatic rings. The monoisotopic (exact) mass is 373 g/mol. The minimum Gasteiger partial charge on any atom is -0.299 e. The van der Waals surface area contributed by atoms with Crippen LogP contribution in [0.2, 0.25) is 0 Å². The third-order valence-corrected chi connectivity index (χ3v) is 6.75. The van der Waals surface area contributed by atoms with Gasteiger partial charge in [-0.15, -0.1) is 0 Å². The average Bonchev–Trinajstić information content (AvgIpc) is 2.90. The minimum absolute atomic E-state index is 0.568. The number of thiol groups is 1. The lowest BCUT2D eigenvalue weighted by atomic mass is 9.74. The lowest BCUT2D eigenvalue weighted by molar-refractivity contribution is 0.124. The normalized spacial score (nSPS) is 22.8. The predicted molar refractivity (Wildman–Crippen MR) is 114 cm³/mol. The number of nitrogens with zero attached hydrogens (tertiary/aromatic N) is 2. The summed E-state index contributed by atoms with van der Waals surface area (Å²) >= 11 is 9.71. The van der Waals surface area contributed by atoms with Crippen LogP contribution in [-0.2, 0) is 6.42 Å². The Morgan fingerprint density at radius 1 is 1.40 bits per heavy atom. The van der Waals surface area contributed by atoms with Gasteiger partial charge in [0.2, 0.25) is 0 Å². The number of aromatic nitrogens is 1. The van der Waals surface area contributed by atoms with Crippen LogP contribution in [0.25, 0.3) is 10.9 Å². The van der Waals surface area contributed by atoms with Gasteiger partial charge in [0.15, 0.2) is 0 Å². The molecular weight excluding hydrogens is 346 g/mol. The van der Waals surface area contributed by atoms with Gasteiger partial charge in [0.25, 0.3) is 0 Å². The quantitative estimate of drug-likeness (QED) is 0.617. The number of fused-ring (bicyclic) bond motifs is 2. The molecule has 0 spiro atoms. The molecule has 0 saturated carbocycles. The molecule has 134 valence electrons. The molecule has 1 aliphatic heterocycles. The van der Waals surface area contributed by atoms with Crippen molar-refractivity contribution in [3.05, 3.63) is 35.0 Å². The van der Waals surface area contributed by atoms with E-state index in [1.807, 2.05) is 0 Å². The molecule has 2 heterocycles. The Hall–Kier alpha value is -1.04. The molecule has 1 aliphatic carbocycles. The van der Waals surface area contributed by atoms with Crippen LogP contribution in [0.3, 0.4) is 0 Å². The second kappa shape index (κ2) is 6.93. The zero-order valence-corrected chi connectivity index (χ0v) is 16.8. The van der Waals surface area contributed by atoms with Crippen molar-refractivity contribution in [2.45, 2.75) is 51.5 Å². The highest BCUT2D eigenvalue weighted by Crippen LogP contribution is 2.45. The first-order chi connectivity index (χ1) is 12.2. The Kier molecular flexibility index (Phi) is 4.82. The fraction of sp³-hybridized carbons (Fsp3) is 0.550. The van der Waals surface area contributed by atoms with Gasteiger partial charge in [0.1, 0.15) is 4.99 Å². The van der Waals surface area contributed by atoms with Crippen molar-refractivity contribution in [2.24, 2.45) is 0 Å². The smallest absolute Gasteiger partial charge is 0.104 e. The van der Waals surface area contributed by atoms with Crippen LogP contribution in [0, 0.1) is 6.92 Å². The lowest BCUT2D eigenvalue weighted by Gasteiger charge is -2.44. The summed E-state index contributed by atoms with van der Waals surface area (Å²) in [5.74, 6) is 1.24. The first-order valence-corrected chi connectivity index (χ1v) is 10.5. The largest absolute Gasteiger partial charge is 0.299 e. The predicted octanol–water partition coefficient (Wildman–Crippen LogP) is 4.26. The number of piperidine rings is 1. The maximum Gasteiger partial charge on any atom is 0.104 e. The van der Waals surface area contributed by atoms with Crippen molar-refractivity contribution in [1.29, 1.82) is 0 Å². The van der Waals surface area contributed by atoms with E-state index >= 15 is 0 Å². The molecule has 1 aromatic carbocycles. The summed E-state index contributed by atoms with van der Waals surface area (Å²) in [5, 5.41) is 1.47. The first kappa shape index (κ1) is 17.4. The SMILES string of the molecule is CCCN1CCC[C@@H]2c3cccc4c3c(c(C)n4NC(=S)CS)C[C@H]21. The number of likely N-dealkylation sites (tertiary alicyclic amines) is 1. The molecule has 2 aliphatic rings. The average molecular weight is 374 g/mol. The van der Waals surface area contributed by atoms with E-state index in [-0.39, 0.29) is 0 Å². The molecule has 1 aromatic heterocycles. The summed E-state index contributed by atoms with van der Waals surface area (Å²) in [6.45, 7) is 6.99. The maximum absolute atomic E-state index is 5.39. The number of nitrogens with one attached hydrogen (secondary N) is 1. The molecule has 4 rings (SSSR count). The molecular formula is C20H27N3S2. The van der Waals surface area contributed by atoms with E-state index < -0.39 is 0 Å². The van der Waals surface area contributed by atoms with E-state index in [1.54, 1.807) is 5.56 Å². The Bertz CT molecular complexity index is 809. The molecule has 0 radical (unpaired) electrons. The summed E-state index contributed by atoms with van der Waals surface area (Å²) in [5.41, 5.74) is 9.00. The molecule has 0 amide bonds. The van der Waals surface area contributed by atoms with Gasteiger partial charge in [0, 0.05) is 28.8 Å². The fourth-order valence-electron chi connectivity index (χ4n) is 4.97. The van der Waals surface area contributed by atoms with Crippen LogP contribution >= 0.6 is 24.8 Å². The molecule has 1 fully saturated rings. The molecule has 3 nitrogen and oxygen atoms in total. The Morgan fingerprint density at radius 3 is 3.00 bits per heavy atom. The topological polar surface area (TPSA) is 20.2 Å². The summed E-state index contributed by atoms with van der Waals surface area (Å²) < 4.78 is 2.19. The van der Waals surface area contributed by atoms with Crippen molar-refractivity contribution in [3.63, 3.8) is 0 Å². The highest BCUT2D eigenvalue weighted by atomic mass is 32.1. The molecule has 0 unspecified atom stereocenters. The highest BCUT2D eigenvalue weighted by molar-refractivity contribution is 7.86. The van der Waals surface area contributed by atoms with Crippen molar-refractivity contribution in [3.8, 4) is 0 Å². The first-order valence-electron chi connectivity index (χ1n) is 9.43. The maximum atomic E-state index is 5.39. The zero-order chi connectivity index (χ0) is 17.6. The molecule has 0 bridgehead atoms. The zero-order valence-electron chi connectivity index (χ0n) is 15.1. The lowest BCUT2D eigenvalue weighted by Crippen LogP contribution is -2.47. The van der Waals surface area contributed by atoms with Crippen LogP contribution in [-0.4, -0.2) is 39.4 Å². The van der Waals surface area contributed by atoms with Crippen molar-refractivity contribution >= 4 is 40.7 Å². The van der Waals surface area contributed by atoms with Crippen LogP contribution in [0.1, 0.15) is 48.9 Å². The van der Waals surface area contributed by atoms with Gasteiger partial charge in [-0.2, -0.15) is 12.6 Å². The van der Waals surface area contributed by atoms with Gasteiger partial charge in [-0.3, -0.25) is 15.0 Å². The van der Waals surface area contributed by atoms with Gasteiger partial charge in [-0.05, 0) is 62.9 Å². The molecule has 5 heteroatoms. The number of hydrogen-bond donors (Lipinski definition) is 2. The van der Waals surface area contributed by atoms with Crippen LogP contribution in [0.15, 0.2) is 18.2 Å². The Balaban J connectivity index is 1.84. The second-order valence-electron chi connectivity index (χ2n) is 7.39. The van der Waals surface area contributed by atoms with Gasteiger partial charge in [0.05, 0.1) is 5.52 Å². The van der Waals surface area contributed by atoms with E-state index in [0.29, 0.717) is 17.7 Å². The third kappa shape index (κ3) is 2.81. The van der Waals surface area contributed by atoms with Gasteiger partial charge in [-0.1, -0.05) is 31.3 Å². The summed E-state index contributed by atoms with van der Waals surface area (Å²) in [6, 6.07) is 7.44. The number of rotatable bonds is 4. The second-order valence-corrected chi connectivity index (χ2v) is 8.20. The number of hydrogen-bond acceptors (Lipinski definition) is 3. The van der Waals surface area contributed by atoms with Crippen molar-refractivity contribution < 1.29 is 0 Å². The van der Waals surface area contributed by atoms with Crippen molar-refractivity contribution in [1.82, 2.24) is 9.58 Å². The molecule has 1 N–H and O–H groups in total.